The molecule has 11 heteroatoms. The third kappa shape index (κ3) is 4.22. The van der Waals surface area contributed by atoms with Gasteiger partial charge in [-0.05, 0) is 12.1 Å². The first-order valence-corrected chi connectivity index (χ1v) is 7.26. The van der Waals surface area contributed by atoms with Gasteiger partial charge in [0, 0.05) is 5.56 Å². The lowest BCUT2D eigenvalue weighted by Gasteiger charge is -2.04. The molecule has 128 valence electrons. The Morgan fingerprint density at radius 1 is 1.12 bits per heavy atom. The summed E-state index contributed by atoms with van der Waals surface area (Å²) < 4.78 is 5.04. The van der Waals surface area contributed by atoms with Gasteiger partial charge < -0.3 is 16.2 Å². The van der Waals surface area contributed by atoms with Crippen LogP contribution in [0, 0.1) is 6.92 Å². The van der Waals surface area contributed by atoms with Gasteiger partial charge >= 0.3 is 5.97 Å². The molecule has 0 amide bonds. The number of esters is 1. The normalized spacial score (nSPS) is 10.6. The topological polar surface area (TPSA) is 161 Å². The second-order valence-electron chi connectivity index (χ2n) is 5.14. The number of benzene rings is 1. The Kier molecular flexibility index (Phi) is 4.46. The molecule has 11 nitrogen and oxygen atoms in total. The summed E-state index contributed by atoms with van der Waals surface area (Å²) in [6, 6.07) is 7.64. The van der Waals surface area contributed by atoms with E-state index in [9.17, 15) is 4.79 Å². The van der Waals surface area contributed by atoms with Gasteiger partial charge in [-0.3, -0.25) is 0 Å². The number of carbonyl (C=O) groups is 1. The van der Waals surface area contributed by atoms with Crippen LogP contribution in [0.1, 0.15) is 11.4 Å². The first-order valence-electron chi connectivity index (χ1n) is 7.26. The van der Waals surface area contributed by atoms with Crippen molar-refractivity contribution in [3.05, 3.63) is 35.7 Å². The van der Waals surface area contributed by atoms with E-state index in [-0.39, 0.29) is 30.9 Å². The molecule has 0 radical (unpaired) electrons. The molecule has 0 fully saturated rings. The molecule has 1 aromatic carbocycles. The third-order valence-electron chi connectivity index (χ3n) is 3.11. The van der Waals surface area contributed by atoms with Gasteiger partial charge in [0.2, 0.25) is 17.7 Å². The number of aryl methyl sites for hydroxylation is 1. The highest BCUT2D eigenvalue weighted by Gasteiger charge is 2.11. The first kappa shape index (κ1) is 16.2. The quantitative estimate of drug-likeness (QED) is 0.591. The minimum atomic E-state index is -0.578. The van der Waals surface area contributed by atoms with Gasteiger partial charge in [0.1, 0.15) is 0 Å². The molecule has 0 spiro atoms. The molecule has 2 aromatic heterocycles. The summed E-state index contributed by atoms with van der Waals surface area (Å²) in [4.78, 5) is 24.3. The predicted molar refractivity (Wildman–Crippen MR) is 86.4 cm³/mol. The molecular weight excluding hydrogens is 326 g/mol. The number of nitrogen functional groups attached to an aromatic ring is 2. The summed E-state index contributed by atoms with van der Waals surface area (Å²) in [7, 11) is 0. The number of nitrogens with zero attached hydrogens (tertiary/aromatic N) is 7. The Bertz CT molecular complexity index is 871. The SMILES string of the molecule is Cc1ccc(-c2nnn(CC(=O)OCc3nc(N)nc(N)n3)n2)cc1. The number of ether oxygens (including phenoxy) is 1. The fourth-order valence-electron chi connectivity index (χ4n) is 1.96. The van der Waals surface area contributed by atoms with Crippen LogP contribution in [0.25, 0.3) is 11.4 Å². The number of aromatic nitrogens is 7. The van der Waals surface area contributed by atoms with Crippen molar-refractivity contribution >= 4 is 17.9 Å². The standard InChI is InChI=1S/C14H15N9O2/c1-8-2-4-9(5-3-8)12-20-22-23(21-12)6-11(24)25-7-10-17-13(15)19-14(16)18-10/h2-5H,6-7H2,1H3,(H4,15,16,17,18,19). The third-order valence-corrected chi connectivity index (χ3v) is 3.11. The zero-order valence-corrected chi connectivity index (χ0v) is 13.3. The number of rotatable bonds is 5. The smallest absolute Gasteiger partial charge is 0.330 e. The lowest BCUT2D eigenvalue weighted by molar-refractivity contribution is -0.146. The molecule has 2 heterocycles. The van der Waals surface area contributed by atoms with Crippen molar-refractivity contribution in [1.82, 2.24) is 35.2 Å². The number of tetrazole rings is 1. The Morgan fingerprint density at radius 3 is 2.48 bits per heavy atom. The van der Waals surface area contributed by atoms with Gasteiger partial charge in [0.15, 0.2) is 19.0 Å². The molecule has 4 N–H and O–H groups in total. The van der Waals surface area contributed by atoms with Crippen LogP contribution in [0.5, 0.6) is 0 Å². The molecule has 0 aliphatic carbocycles. The van der Waals surface area contributed by atoms with Gasteiger partial charge in [-0.2, -0.15) is 19.7 Å². The Labute approximate surface area is 142 Å². The van der Waals surface area contributed by atoms with Crippen molar-refractivity contribution in [2.24, 2.45) is 0 Å². The van der Waals surface area contributed by atoms with Crippen LogP contribution in [0.3, 0.4) is 0 Å². The highest BCUT2D eigenvalue weighted by Crippen LogP contribution is 2.13. The minimum Gasteiger partial charge on any atom is -0.456 e. The summed E-state index contributed by atoms with van der Waals surface area (Å²) in [6.45, 7) is 1.60. The lowest BCUT2D eigenvalue weighted by Crippen LogP contribution is -2.17. The highest BCUT2D eigenvalue weighted by atomic mass is 16.5. The van der Waals surface area contributed by atoms with Crippen LogP contribution in [0.2, 0.25) is 0 Å². The molecule has 0 aliphatic heterocycles. The van der Waals surface area contributed by atoms with Crippen molar-refractivity contribution in [1.29, 1.82) is 0 Å². The van der Waals surface area contributed by atoms with Crippen LogP contribution in [-0.2, 0) is 22.7 Å². The maximum atomic E-state index is 11.9. The second kappa shape index (κ2) is 6.86. The fourth-order valence-corrected chi connectivity index (χ4v) is 1.96. The molecule has 0 bridgehead atoms. The van der Waals surface area contributed by atoms with E-state index in [1.807, 2.05) is 31.2 Å². The zero-order chi connectivity index (χ0) is 17.8. The molecule has 0 saturated heterocycles. The second-order valence-corrected chi connectivity index (χ2v) is 5.14. The molecule has 25 heavy (non-hydrogen) atoms. The van der Waals surface area contributed by atoms with E-state index in [1.54, 1.807) is 0 Å². The fraction of sp³-hybridized carbons (Fsp3) is 0.214. The van der Waals surface area contributed by atoms with Crippen molar-refractivity contribution in [3.63, 3.8) is 0 Å². The van der Waals surface area contributed by atoms with E-state index < -0.39 is 5.97 Å². The minimum absolute atomic E-state index is 0.0424. The monoisotopic (exact) mass is 341 g/mol. The van der Waals surface area contributed by atoms with Crippen LogP contribution in [0.15, 0.2) is 24.3 Å². The average Bonchev–Trinajstić information content (AvgIpc) is 3.01. The summed E-state index contributed by atoms with van der Waals surface area (Å²) in [5.41, 5.74) is 12.8. The molecule has 0 saturated carbocycles. The summed E-state index contributed by atoms with van der Waals surface area (Å²) in [5, 5.41) is 11.9. The molecular formula is C14H15N9O2. The number of hydrogen-bond acceptors (Lipinski definition) is 10. The van der Waals surface area contributed by atoms with Gasteiger partial charge in [0.25, 0.3) is 0 Å². The highest BCUT2D eigenvalue weighted by molar-refractivity contribution is 5.68. The maximum absolute atomic E-state index is 11.9. The number of nitrogens with two attached hydrogens (primary N) is 2. The number of hydrogen-bond donors (Lipinski definition) is 2. The van der Waals surface area contributed by atoms with E-state index in [4.69, 9.17) is 16.2 Å². The van der Waals surface area contributed by atoms with Crippen molar-refractivity contribution in [2.75, 3.05) is 11.5 Å². The van der Waals surface area contributed by atoms with E-state index >= 15 is 0 Å². The zero-order valence-electron chi connectivity index (χ0n) is 13.3. The van der Waals surface area contributed by atoms with Gasteiger partial charge in [-0.25, -0.2) is 4.79 Å². The van der Waals surface area contributed by atoms with Crippen LogP contribution < -0.4 is 11.5 Å². The van der Waals surface area contributed by atoms with Gasteiger partial charge in [-0.15, -0.1) is 10.2 Å². The van der Waals surface area contributed by atoms with E-state index in [0.29, 0.717) is 5.82 Å². The van der Waals surface area contributed by atoms with Gasteiger partial charge in [0.05, 0.1) is 0 Å². The largest absolute Gasteiger partial charge is 0.456 e. The number of carbonyl (C=O) groups excluding carboxylic acids is 1. The molecule has 0 aliphatic rings. The van der Waals surface area contributed by atoms with Crippen LogP contribution in [-0.4, -0.2) is 41.1 Å². The Hall–Kier alpha value is -3.63. The van der Waals surface area contributed by atoms with Crippen molar-refractivity contribution < 1.29 is 9.53 Å². The molecule has 0 unspecified atom stereocenters. The molecule has 0 atom stereocenters. The van der Waals surface area contributed by atoms with E-state index in [2.05, 4.69) is 30.4 Å². The summed E-state index contributed by atoms with van der Waals surface area (Å²) in [6.07, 6.45) is 0. The van der Waals surface area contributed by atoms with E-state index in [0.717, 1.165) is 15.9 Å². The summed E-state index contributed by atoms with van der Waals surface area (Å²) in [5.74, 6) is -0.0834. The van der Waals surface area contributed by atoms with Crippen molar-refractivity contribution in [2.45, 2.75) is 20.1 Å². The number of anilines is 2. The summed E-state index contributed by atoms with van der Waals surface area (Å²) >= 11 is 0. The van der Waals surface area contributed by atoms with E-state index in [1.165, 1.54) is 0 Å². The van der Waals surface area contributed by atoms with Crippen LogP contribution in [0.4, 0.5) is 11.9 Å². The first-order chi connectivity index (χ1) is 12.0. The predicted octanol–water partition coefficient (Wildman–Crippen LogP) is -0.259. The molecule has 3 rings (SSSR count). The average molecular weight is 341 g/mol. The Morgan fingerprint density at radius 2 is 1.80 bits per heavy atom. The maximum Gasteiger partial charge on any atom is 0.330 e. The van der Waals surface area contributed by atoms with Crippen molar-refractivity contribution in [3.8, 4) is 11.4 Å². The van der Waals surface area contributed by atoms with Gasteiger partial charge in [-0.1, -0.05) is 29.8 Å². The van der Waals surface area contributed by atoms with Crippen LogP contribution >= 0.6 is 0 Å². The lowest BCUT2D eigenvalue weighted by atomic mass is 10.1. The Balaban J connectivity index is 1.59. The molecule has 3 aromatic rings.